The summed E-state index contributed by atoms with van der Waals surface area (Å²) in [6.45, 7) is 5.30. The highest BCUT2D eigenvalue weighted by molar-refractivity contribution is 6.05. The zero-order valence-electron chi connectivity index (χ0n) is 15.3. The molecule has 26 heavy (non-hydrogen) atoms. The summed E-state index contributed by atoms with van der Waals surface area (Å²) in [5, 5.41) is 29.8. The average Bonchev–Trinajstić information content (AvgIpc) is 2.94. The minimum atomic E-state index is -1.40. The molecule has 1 spiro atoms. The molecule has 1 aliphatic carbocycles. The van der Waals surface area contributed by atoms with Crippen LogP contribution in [0.5, 0.6) is 0 Å². The summed E-state index contributed by atoms with van der Waals surface area (Å²) in [5.74, 6) is 1.08. The minimum Gasteiger partial charge on any atom is -0.622 e. The Balaban J connectivity index is 2.20. The molecule has 142 valence electrons. The molecule has 0 aromatic carbocycles. The standard InChI is InChI=1S/C17H25N5O4/c1-11-8-9-12(26-11)14-16(2,3)22(25)17(21(14)24)10-6-4-5-7-13(17)19-20-15(18)23/h8-9,25H,4-7,10H2,1-3H3,(H3,18,20,23)/b19-13-/t17-/m1/s1. The third kappa shape index (κ3) is 2.67. The molecule has 1 atom stereocenters. The fourth-order valence-electron chi connectivity index (χ4n) is 3.95. The van der Waals surface area contributed by atoms with Gasteiger partial charge in [0.1, 0.15) is 17.0 Å². The van der Waals surface area contributed by atoms with Gasteiger partial charge in [-0.2, -0.15) is 9.84 Å². The zero-order valence-corrected chi connectivity index (χ0v) is 15.3. The number of primary amides is 1. The molecule has 0 unspecified atom stereocenters. The fraction of sp³-hybridized carbons (Fsp3) is 0.588. The maximum Gasteiger partial charge on any atom is 0.332 e. The van der Waals surface area contributed by atoms with Crippen molar-refractivity contribution in [3.63, 3.8) is 0 Å². The number of hydroxylamine groups is 3. The molecule has 1 saturated carbocycles. The zero-order chi connectivity index (χ0) is 19.1. The third-order valence-electron chi connectivity index (χ3n) is 5.17. The number of carbonyl (C=O) groups is 1. The normalized spacial score (nSPS) is 27.9. The number of carbonyl (C=O) groups excluding carboxylic acids is 1. The quantitative estimate of drug-likeness (QED) is 0.420. The van der Waals surface area contributed by atoms with Gasteiger partial charge >= 0.3 is 6.03 Å². The Morgan fingerprint density at radius 3 is 2.77 bits per heavy atom. The van der Waals surface area contributed by atoms with Gasteiger partial charge in [0.2, 0.25) is 0 Å². The SMILES string of the molecule is Cc1ccc(C2=[N+]([O-])[C@]3(CCCCC/C3=N/NC(N)=O)N(O)C2(C)C)o1. The van der Waals surface area contributed by atoms with E-state index in [-0.39, 0.29) is 0 Å². The van der Waals surface area contributed by atoms with Crippen molar-refractivity contribution in [1.29, 1.82) is 0 Å². The number of hydrogen-bond donors (Lipinski definition) is 3. The van der Waals surface area contributed by atoms with Crippen molar-refractivity contribution in [2.75, 3.05) is 0 Å². The van der Waals surface area contributed by atoms with E-state index in [1.807, 2.05) is 0 Å². The molecule has 0 radical (unpaired) electrons. The Bertz CT molecular complexity index is 782. The summed E-state index contributed by atoms with van der Waals surface area (Å²) in [6, 6.07) is 2.68. The first-order chi connectivity index (χ1) is 12.2. The van der Waals surface area contributed by atoms with Crippen LogP contribution in [0.4, 0.5) is 4.79 Å². The van der Waals surface area contributed by atoms with Gasteiger partial charge in [0.05, 0.1) is 0 Å². The molecule has 0 saturated heterocycles. The van der Waals surface area contributed by atoms with Crippen molar-refractivity contribution in [2.45, 2.75) is 64.1 Å². The number of nitrogens with two attached hydrogens (primary N) is 1. The molecule has 9 nitrogen and oxygen atoms in total. The lowest BCUT2D eigenvalue weighted by atomic mass is 9.94. The Kier molecular flexibility index (Phi) is 4.53. The molecule has 4 N–H and O–H groups in total. The molecule has 1 aromatic rings. The summed E-state index contributed by atoms with van der Waals surface area (Å²) < 4.78 is 6.46. The Hall–Kier alpha value is -2.39. The van der Waals surface area contributed by atoms with Gasteiger partial charge in [-0.05, 0) is 52.2 Å². The van der Waals surface area contributed by atoms with Crippen LogP contribution in [-0.4, -0.2) is 43.7 Å². The molecule has 9 heteroatoms. The second kappa shape index (κ2) is 6.40. The minimum absolute atomic E-state index is 0.321. The van der Waals surface area contributed by atoms with Crippen molar-refractivity contribution in [2.24, 2.45) is 10.8 Å². The predicted molar refractivity (Wildman–Crippen MR) is 94.9 cm³/mol. The molecule has 2 heterocycles. The van der Waals surface area contributed by atoms with Crippen LogP contribution in [-0.2, 0) is 0 Å². The number of rotatable bonds is 2. The van der Waals surface area contributed by atoms with E-state index < -0.39 is 17.2 Å². The van der Waals surface area contributed by atoms with Gasteiger partial charge < -0.3 is 20.6 Å². The van der Waals surface area contributed by atoms with E-state index >= 15 is 0 Å². The predicted octanol–water partition coefficient (Wildman–Crippen LogP) is 2.06. The molecular formula is C17H25N5O4. The van der Waals surface area contributed by atoms with Crippen LogP contribution in [0, 0.1) is 12.1 Å². The van der Waals surface area contributed by atoms with Crippen LogP contribution in [0.15, 0.2) is 21.7 Å². The van der Waals surface area contributed by atoms with E-state index in [0.29, 0.717) is 35.8 Å². The third-order valence-corrected chi connectivity index (χ3v) is 5.17. The van der Waals surface area contributed by atoms with Crippen LogP contribution >= 0.6 is 0 Å². The van der Waals surface area contributed by atoms with Crippen LogP contribution in [0.1, 0.15) is 57.5 Å². The number of nitrogens with zero attached hydrogens (tertiary/aromatic N) is 3. The maximum absolute atomic E-state index is 13.5. The Labute approximate surface area is 151 Å². The second-order valence-electron chi connectivity index (χ2n) is 7.34. The fourth-order valence-corrected chi connectivity index (χ4v) is 3.95. The first kappa shape index (κ1) is 18.4. The van der Waals surface area contributed by atoms with Crippen molar-refractivity contribution >= 4 is 17.5 Å². The molecule has 0 bridgehead atoms. The molecule has 1 aromatic heterocycles. The first-order valence-corrected chi connectivity index (χ1v) is 8.74. The highest BCUT2D eigenvalue weighted by Gasteiger charge is 2.65. The number of furan rings is 1. The van der Waals surface area contributed by atoms with E-state index in [9.17, 15) is 15.2 Å². The summed E-state index contributed by atoms with van der Waals surface area (Å²) in [7, 11) is 0. The summed E-state index contributed by atoms with van der Waals surface area (Å²) in [6.07, 6.45) is 3.29. The molecule has 2 amide bonds. The highest BCUT2D eigenvalue weighted by Crippen LogP contribution is 2.42. The highest BCUT2D eigenvalue weighted by atomic mass is 16.6. The smallest absolute Gasteiger partial charge is 0.332 e. The van der Waals surface area contributed by atoms with Gasteiger partial charge in [-0.1, -0.05) is 6.42 Å². The lowest BCUT2D eigenvalue weighted by Gasteiger charge is -2.35. The van der Waals surface area contributed by atoms with Crippen LogP contribution in [0.25, 0.3) is 0 Å². The number of hydrogen-bond acceptors (Lipinski definition) is 6. The molecular weight excluding hydrogens is 338 g/mol. The van der Waals surface area contributed by atoms with Gasteiger partial charge in [-0.25, -0.2) is 10.2 Å². The number of urea groups is 1. The second-order valence-corrected chi connectivity index (χ2v) is 7.34. The van der Waals surface area contributed by atoms with E-state index in [0.717, 1.165) is 29.1 Å². The molecule has 3 rings (SSSR count). The van der Waals surface area contributed by atoms with Gasteiger partial charge in [-0.15, -0.1) is 5.06 Å². The first-order valence-electron chi connectivity index (χ1n) is 8.74. The lowest BCUT2D eigenvalue weighted by Crippen LogP contribution is -2.59. The summed E-state index contributed by atoms with van der Waals surface area (Å²) in [5.41, 5.74) is 5.64. The number of nitrogens with one attached hydrogen (secondary N) is 1. The topological polar surface area (TPSA) is 130 Å². The Morgan fingerprint density at radius 2 is 2.15 bits per heavy atom. The monoisotopic (exact) mass is 363 g/mol. The van der Waals surface area contributed by atoms with Gasteiger partial charge in [-0.3, -0.25) is 0 Å². The maximum atomic E-state index is 13.5. The van der Waals surface area contributed by atoms with Crippen molar-refractivity contribution in [1.82, 2.24) is 10.5 Å². The largest absolute Gasteiger partial charge is 0.622 e. The van der Waals surface area contributed by atoms with E-state index in [1.165, 1.54) is 0 Å². The van der Waals surface area contributed by atoms with E-state index in [4.69, 9.17) is 10.2 Å². The van der Waals surface area contributed by atoms with E-state index in [2.05, 4.69) is 10.5 Å². The average molecular weight is 363 g/mol. The van der Waals surface area contributed by atoms with Crippen LogP contribution < -0.4 is 11.2 Å². The van der Waals surface area contributed by atoms with Crippen molar-refractivity contribution in [3.05, 3.63) is 28.9 Å². The van der Waals surface area contributed by atoms with Crippen molar-refractivity contribution in [3.8, 4) is 0 Å². The van der Waals surface area contributed by atoms with Gasteiger partial charge in [0.25, 0.3) is 11.4 Å². The van der Waals surface area contributed by atoms with Crippen molar-refractivity contribution < 1.29 is 19.2 Å². The van der Waals surface area contributed by atoms with Crippen LogP contribution in [0.3, 0.4) is 0 Å². The lowest BCUT2D eigenvalue weighted by molar-refractivity contribution is -0.567. The molecule has 1 fully saturated rings. The number of amides is 2. The summed E-state index contributed by atoms with van der Waals surface area (Å²) >= 11 is 0. The van der Waals surface area contributed by atoms with Crippen LogP contribution in [0.2, 0.25) is 0 Å². The van der Waals surface area contributed by atoms with Gasteiger partial charge in [0.15, 0.2) is 5.76 Å². The molecule has 2 aliphatic rings. The Morgan fingerprint density at radius 1 is 1.42 bits per heavy atom. The summed E-state index contributed by atoms with van der Waals surface area (Å²) in [4.78, 5) is 11.1. The van der Waals surface area contributed by atoms with Gasteiger partial charge in [0, 0.05) is 6.42 Å². The van der Waals surface area contributed by atoms with E-state index in [1.54, 1.807) is 32.9 Å². The molecule has 1 aliphatic heterocycles. The number of hydrazone groups is 1. The number of aryl methyl sites for hydroxylation is 1.